The number of hydrogen-bond donors (Lipinski definition) is 0. The molecule has 4 rings (SSSR count). The Bertz CT molecular complexity index is 1040. The smallest absolute Gasteiger partial charge is 0.201 e. The third kappa shape index (κ3) is 2.39. The molecule has 4 nitrogen and oxygen atoms in total. The molecule has 0 bridgehead atoms. The molecule has 0 aliphatic carbocycles. The first-order valence-corrected chi connectivity index (χ1v) is 11.5. The van der Waals surface area contributed by atoms with E-state index < -0.39 is 19.5 Å². The molecule has 6 heteroatoms. The number of fused-ring (bicyclic) bond motifs is 3. The van der Waals surface area contributed by atoms with E-state index in [2.05, 4.69) is 4.98 Å². The molecule has 2 atom stereocenters. The fourth-order valence-corrected chi connectivity index (χ4v) is 9.85. The highest BCUT2D eigenvalue weighted by molar-refractivity contribution is 8.16. The van der Waals surface area contributed by atoms with Crippen molar-refractivity contribution in [1.82, 2.24) is 4.98 Å². The predicted octanol–water partition coefficient (Wildman–Crippen LogP) is 4.38. The highest BCUT2D eigenvalue weighted by atomic mass is 32.3. The van der Waals surface area contributed by atoms with Crippen molar-refractivity contribution >= 4 is 27.3 Å². The molecule has 2 aliphatic heterocycles. The van der Waals surface area contributed by atoms with E-state index in [1.165, 1.54) is 11.8 Å². The normalized spacial score (nSPS) is 27.3. The van der Waals surface area contributed by atoms with E-state index in [-0.39, 0.29) is 11.2 Å². The lowest BCUT2D eigenvalue weighted by molar-refractivity contribution is 0.445. The molecule has 0 spiro atoms. The summed E-state index contributed by atoms with van der Waals surface area (Å²) in [5.74, 6) is -0.241. The number of aromatic nitrogens is 1. The number of pyridine rings is 1. The zero-order valence-corrected chi connectivity index (χ0v) is 17.9. The fourth-order valence-electron chi connectivity index (χ4n) is 4.60. The van der Waals surface area contributed by atoms with Crippen LogP contribution in [-0.4, -0.2) is 34.0 Å². The van der Waals surface area contributed by atoms with Crippen LogP contribution >= 0.6 is 11.8 Å². The Balaban J connectivity index is 2.11. The van der Waals surface area contributed by atoms with Crippen molar-refractivity contribution in [3.05, 3.63) is 59.4 Å². The van der Waals surface area contributed by atoms with Crippen LogP contribution in [-0.2, 0) is 9.84 Å². The highest BCUT2D eigenvalue weighted by Gasteiger charge is 2.69. The van der Waals surface area contributed by atoms with Crippen LogP contribution in [0.3, 0.4) is 0 Å². The molecule has 3 heterocycles. The predicted molar refractivity (Wildman–Crippen MR) is 111 cm³/mol. The van der Waals surface area contributed by atoms with Crippen LogP contribution in [0.4, 0.5) is 0 Å². The summed E-state index contributed by atoms with van der Waals surface area (Å²) in [4.78, 5) is 9.72. The molecule has 142 valence electrons. The van der Waals surface area contributed by atoms with Gasteiger partial charge in [-0.3, -0.25) is 9.98 Å². The zero-order valence-electron chi connectivity index (χ0n) is 16.2. The van der Waals surface area contributed by atoms with E-state index in [1.807, 2.05) is 64.1 Å². The van der Waals surface area contributed by atoms with E-state index in [9.17, 15) is 8.42 Å². The molecule has 1 aromatic heterocycles. The summed E-state index contributed by atoms with van der Waals surface area (Å²) in [5, 5.41) is 0.132. The average Bonchev–Trinajstić information content (AvgIpc) is 2.94. The number of hydrogen-bond acceptors (Lipinski definition) is 5. The number of aryl methyl sites for hydroxylation is 1. The van der Waals surface area contributed by atoms with E-state index in [4.69, 9.17) is 4.99 Å². The van der Waals surface area contributed by atoms with E-state index in [0.29, 0.717) is 16.3 Å². The summed E-state index contributed by atoms with van der Waals surface area (Å²) < 4.78 is 27.0. The lowest BCUT2D eigenvalue weighted by Crippen LogP contribution is -2.45. The summed E-state index contributed by atoms with van der Waals surface area (Å²) >= 11 is 1.51. The molecule has 0 saturated heterocycles. The van der Waals surface area contributed by atoms with Crippen molar-refractivity contribution in [3.8, 4) is 0 Å². The van der Waals surface area contributed by atoms with Gasteiger partial charge in [-0.15, -0.1) is 11.8 Å². The molecule has 0 fully saturated rings. The van der Waals surface area contributed by atoms with Crippen LogP contribution in [0.2, 0.25) is 0 Å². The van der Waals surface area contributed by atoms with Crippen LogP contribution in [0.15, 0.2) is 52.5 Å². The van der Waals surface area contributed by atoms with Crippen molar-refractivity contribution in [1.29, 1.82) is 0 Å². The van der Waals surface area contributed by atoms with Crippen LogP contribution in [0, 0.1) is 6.92 Å². The van der Waals surface area contributed by atoms with Crippen LogP contribution in [0.25, 0.3) is 0 Å². The maximum absolute atomic E-state index is 14.1. The van der Waals surface area contributed by atoms with Gasteiger partial charge >= 0.3 is 0 Å². The fraction of sp³-hybridized carbons (Fsp3) is 0.429. The van der Waals surface area contributed by atoms with E-state index in [1.54, 1.807) is 13.1 Å². The van der Waals surface area contributed by atoms with Gasteiger partial charge in [0, 0.05) is 17.4 Å². The second-order valence-corrected chi connectivity index (χ2v) is 12.2. The number of sulfone groups is 1. The van der Waals surface area contributed by atoms with Gasteiger partial charge in [0.1, 0.15) is 0 Å². The SMILES string of the molecule is Cc1nccc2c1S(=O)(=O)C1(SC(C)C)C(c3ccccc3)=NC(C)(C)C21. The maximum Gasteiger partial charge on any atom is 0.201 e. The Morgan fingerprint density at radius 2 is 1.78 bits per heavy atom. The van der Waals surface area contributed by atoms with Gasteiger partial charge in [0.2, 0.25) is 9.84 Å². The minimum Gasteiger partial charge on any atom is -0.280 e. The van der Waals surface area contributed by atoms with Crippen molar-refractivity contribution in [2.75, 3.05) is 0 Å². The standard InChI is InChI=1S/C21H24N2O2S2/c1-13(2)26-21-18(16-11-12-22-14(3)17(16)27(21,24)25)20(4,5)23-19(21)15-9-7-6-8-10-15/h6-13,18H,1-5H3. The van der Waals surface area contributed by atoms with Crippen LogP contribution in [0.1, 0.15) is 50.4 Å². The summed E-state index contributed by atoms with van der Waals surface area (Å²) in [6, 6.07) is 11.6. The molecule has 0 radical (unpaired) electrons. The molecular formula is C21H24N2O2S2. The maximum atomic E-state index is 14.1. The van der Waals surface area contributed by atoms with E-state index >= 15 is 0 Å². The average molecular weight is 401 g/mol. The third-order valence-electron chi connectivity index (χ3n) is 5.37. The Labute approximate surface area is 165 Å². The number of thioether (sulfide) groups is 1. The van der Waals surface area contributed by atoms with Gasteiger partial charge in [-0.1, -0.05) is 44.2 Å². The topological polar surface area (TPSA) is 59.4 Å². The third-order valence-corrected chi connectivity index (χ3v) is 9.86. The van der Waals surface area contributed by atoms with Crippen molar-refractivity contribution in [2.24, 2.45) is 4.99 Å². The number of rotatable bonds is 3. The second kappa shape index (κ2) is 5.92. The Kier molecular flexibility index (Phi) is 4.10. The molecule has 2 aromatic rings. The van der Waals surface area contributed by atoms with Gasteiger partial charge in [-0.05, 0) is 38.0 Å². The number of benzene rings is 1. The second-order valence-electron chi connectivity index (χ2n) is 8.07. The van der Waals surface area contributed by atoms with Gasteiger partial charge < -0.3 is 0 Å². The van der Waals surface area contributed by atoms with Gasteiger partial charge in [0.15, 0.2) is 4.08 Å². The van der Waals surface area contributed by atoms with E-state index in [0.717, 1.165) is 11.1 Å². The minimum atomic E-state index is -3.67. The van der Waals surface area contributed by atoms with Crippen molar-refractivity contribution < 1.29 is 8.42 Å². The molecule has 0 saturated carbocycles. The summed E-state index contributed by atoms with van der Waals surface area (Å²) in [5.41, 5.74) is 2.46. The van der Waals surface area contributed by atoms with Gasteiger partial charge in [0.05, 0.1) is 21.8 Å². The molecule has 2 unspecified atom stereocenters. The highest BCUT2D eigenvalue weighted by Crippen LogP contribution is 2.64. The lowest BCUT2D eigenvalue weighted by atomic mass is 9.81. The molecular weight excluding hydrogens is 376 g/mol. The first kappa shape index (κ1) is 18.7. The van der Waals surface area contributed by atoms with Crippen LogP contribution in [0.5, 0.6) is 0 Å². The van der Waals surface area contributed by atoms with Gasteiger partial charge in [-0.2, -0.15) is 0 Å². The summed E-state index contributed by atoms with van der Waals surface area (Å²) in [7, 11) is -3.67. The monoisotopic (exact) mass is 400 g/mol. The van der Waals surface area contributed by atoms with Crippen molar-refractivity contribution in [2.45, 2.75) is 60.3 Å². The van der Waals surface area contributed by atoms with Gasteiger partial charge in [0.25, 0.3) is 0 Å². The molecule has 27 heavy (non-hydrogen) atoms. The first-order valence-electron chi connectivity index (χ1n) is 9.16. The minimum absolute atomic E-state index is 0.132. The largest absolute Gasteiger partial charge is 0.280 e. The summed E-state index contributed by atoms with van der Waals surface area (Å²) in [6.45, 7) is 9.98. The van der Waals surface area contributed by atoms with Gasteiger partial charge in [-0.25, -0.2) is 8.42 Å². The molecule has 1 aromatic carbocycles. The zero-order chi connectivity index (χ0) is 19.6. The van der Waals surface area contributed by atoms with Crippen molar-refractivity contribution in [3.63, 3.8) is 0 Å². The molecule has 0 N–H and O–H groups in total. The lowest BCUT2D eigenvalue weighted by Gasteiger charge is -2.34. The summed E-state index contributed by atoms with van der Waals surface area (Å²) in [6.07, 6.45) is 1.72. The Morgan fingerprint density at radius 3 is 2.41 bits per heavy atom. The number of nitrogens with zero attached hydrogens (tertiary/aromatic N) is 2. The Morgan fingerprint density at radius 1 is 1.11 bits per heavy atom. The first-order chi connectivity index (χ1) is 12.6. The van der Waals surface area contributed by atoms with Crippen LogP contribution < -0.4 is 0 Å². The number of aliphatic imine (C=N–C) groups is 1. The quantitative estimate of drug-likeness (QED) is 0.767. The molecule has 2 aliphatic rings. The Hall–Kier alpha value is -1.66. The molecule has 0 amide bonds.